The molecule has 2 nitrogen and oxygen atoms in total. The van der Waals surface area contributed by atoms with Crippen LogP contribution in [0.4, 0.5) is 0 Å². The number of hydrogen-bond donors (Lipinski definition) is 0. The summed E-state index contributed by atoms with van der Waals surface area (Å²) in [6.45, 7) is 4.58. The van der Waals surface area contributed by atoms with Crippen molar-refractivity contribution >= 4 is 0 Å². The van der Waals surface area contributed by atoms with Gasteiger partial charge in [0.1, 0.15) is 0 Å². The summed E-state index contributed by atoms with van der Waals surface area (Å²) < 4.78 is 0. The summed E-state index contributed by atoms with van der Waals surface area (Å²) in [5, 5.41) is 0. The Bertz CT molecular complexity index is 918. The van der Waals surface area contributed by atoms with Crippen LogP contribution in [0.15, 0.2) is 60.9 Å². The fourth-order valence-corrected chi connectivity index (χ4v) is 4.88. The Kier molecular flexibility index (Phi) is 7.51. The van der Waals surface area contributed by atoms with E-state index < -0.39 is 0 Å². The molecule has 2 aromatic carbocycles. The first-order valence-electron chi connectivity index (χ1n) is 12.3. The molecular weight excluding hydrogens is 376 g/mol. The first-order chi connectivity index (χ1) is 15.3. The lowest BCUT2D eigenvalue weighted by Crippen LogP contribution is -2.12. The zero-order chi connectivity index (χ0) is 21.5. The Morgan fingerprint density at radius 2 is 1.35 bits per heavy atom. The zero-order valence-electron chi connectivity index (χ0n) is 19.2. The molecule has 0 atom stereocenters. The standard InChI is InChI=1S/C29H36N2/c1-3-5-6-7-23-10-14-27(15-11-23)29-30-20-28(21-31-29)26-18-16-25(17-19-26)24-12-8-22(4-2)9-13-24/h10-11,14-22,24H,3-9,12-13H2,1-2H3. The van der Waals surface area contributed by atoms with E-state index in [9.17, 15) is 0 Å². The maximum atomic E-state index is 4.65. The summed E-state index contributed by atoms with van der Waals surface area (Å²) in [4.78, 5) is 9.30. The summed E-state index contributed by atoms with van der Waals surface area (Å²) in [6.07, 6.45) is 15.7. The molecule has 1 aliphatic rings. The molecule has 2 heteroatoms. The molecule has 4 rings (SSSR count). The van der Waals surface area contributed by atoms with Gasteiger partial charge in [0, 0.05) is 23.5 Å². The van der Waals surface area contributed by atoms with Gasteiger partial charge >= 0.3 is 0 Å². The minimum Gasteiger partial charge on any atom is -0.236 e. The summed E-state index contributed by atoms with van der Waals surface area (Å²) in [6, 6.07) is 17.9. The van der Waals surface area contributed by atoms with Gasteiger partial charge in [0.2, 0.25) is 0 Å². The normalized spacial score (nSPS) is 18.8. The molecule has 162 valence electrons. The van der Waals surface area contributed by atoms with E-state index in [-0.39, 0.29) is 0 Å². The highest BCUT2D eigenvalue weighted by Gasteiger charge is 2.21. The fourth-order valence-electron chi connectivity index (χ4n) is 4.88. The van der Waals surface area contributed by atoms with Crippen molar-refractivity contribution in [2.75, 3.05) is 0 Å². The van der Waals surface area contributed by atoms with E-state index in [1.54, 1.807) is 0 Å². The van der Waals surface area contributed by atoms with Gasteiger partial charge in [-0.05, 0) is 67.1 Å². The Morgan fingerprint density at radius 1 is 0.710 bits per heavy atom. The smallest absolute Gasteiger partial charge is 0.159 e. The Hall–Kier alpha value is -2.48. The first kappa shape index (κ1) is 21.7. The van der Waals surface area contributed by atoms with E-state index >= 15 is 0 Å². The van der Waals surface area contributed by atoms with Gasteiger partial charge < -0.3 is 0 Å². The lowest BCUT2D eigenvalue weighted by Gasteiger charge is -2.28. The quantitative estimate of drug-likeness (QED) is 0.348. The average molecular weight is 413 g/mol. The van der Waals surface area contributed by atoms with Gasteiger partial charge in [-0.3, -0.25) is 0 Å². The van der Waals surface area contributed by atoms with E-state index in [1.807, 2.05) is 12.4 Å². The molecule has 31 heavy (non-hydrogen) atoms. The van der Waals surface area contributed by atoms with Crippen molar-refractivity contribution in [1.82, 2.24) is 9.97 Å². The van der Waals surface area contributed by atoms with Crippen molar-refractivity contribution in [2.45, 2.75) is 77.6 Å². The number of aromatic nitrogens is 2. The number of nitrogens with zero attached hydrogens (tertiary/aromatic N) is 2. The minimum absolute atomic E-state index is 0.737. The molecule has 0 unspecified atom stereocenters. The van der Waals surface area contributed by atoms with E-state index in [2.05, 4.69) is 72.3 Å². The highest BCUT2D eigenvalue weighted by atomic mass is 14.9. The van der Waals surface area contributed by atoms with Gasteiger partial charge in [-0.25, -0.2) is 9.97 Å². The maximum absolute atomic E-state index is 4.65. The lowest BCUT2D eigenvalue weighted by atomic mass is 9.78. The van der Waals surface area contributed by atoms with Crippen molar-refractivity contribution in [3.63, 3.8) is 0 Å². The third-order valence-corrected chi connectivity index (χ3v) is 7.07. The second-order valence-corrected chi connectivity index (χ2v) is 9.20. The van der Waals surface area contributed by atoms with E-state index in [0.29, 0.717) is 0 Å². The van der Waals surface area contributed by atoms with Crippen LogP contribution < -0.4 is 0 Å². The molecule has 1 saturated carbocycles. The zero-order valence-corrected chi connectivity index (χ0v) is 19.2. The van der Waals surface area contributed by atoms with Gasteiger partial charge in [0.05, 0.1) is 0 Å². The summed E-state index contributed by atoms with van der Waals surface area (Å²) >= 11 is 0. The Balaban J connectivity index is 1.39. The van der Waals surface area contributed by atoms with E-state index in [0.717, 1.165) is 35.2 Å². The molecule has 1 heterocycles. The Labute approximate surface area is 188 Å². The topological polar surface area (TPSA) is 25.8 Å². The largest absolute Gasteiger partial charge is 0.236 e. The molecule has 0 N–H and O–H groups in total. The van der Waals surface area contributed by atoms with Gasteiger partial charge in [0.25, 0.3) is 0 Å². The maximum Gasteiger partial charge on any atom is 0.159 e. The molecule has 1 aliphatic carbocycles. The van der Waals surface area contributed by atoms with Crippen LogP contribution in [0.1, 0.15) is 82.3 Å². The van der Waals surface area contributed by atoms with Crippen LogP contribution in [0.5, 0.6) is 0 Å². The van der Waals surface area contributed by atoms with Gasteiger partial charge in [-0.2, -0.15) is 0 Å². The van der Waals surface area contributed by atoms with Crippen molar-refractivity contribution in [1.29, 1.82) is 0 Å². The number of benzene rings is 2. The number of rotatable bonds is 8. The van der Waals surface area contributed by atoms with E-state index in [4.69, 9.17) is 0 Å². The number of hydrogen-bond acceptors (Lipinski definition) is 2. The first-order valence-corrected chi connectivity index (χ1v) is 12.3. The van der Waals surface area contributed by atoms with Crippen LogP contribution in [0, 0.1) is 5.92 Å². The van der Waals surface area contributed by atoms with E-state index in [1.165, 1.54) is 68.1 Å². The fraction of sp³-hybridized carbons (Fsp3) is 0.448. The molecular formula is C29H36N2. The predicted molar refractivity (Wildman–Crippen MR) is 131 cm³/mol. The minimum atomic E-state index is 0.737. The average Bonchev–Trinajstić information content (AvgIpc) is 2.85. The monoisotopic (exact) mass is 412 g/mol. The SMILES string of the molecule is CCCCCc1ccc(-c2ncc(-c3ccc(C4CCC(CC)CC4)cc3)cn2)cc1. The van der Waals surface area contributed by atoms with Crippen molar-refractivity contribution in [3.8, 4) is 22.5 Å². The summed E-state index contributed by atoms with van der Waals surface area (Å²) in [7, 11) is 0. The van der Waals surface area contributed by atoms with Crippen LogP contribution in [0.2, 0.25) is 0 Å². The molecule has 0 radical (unpaired) electrons. The molecule has 0 bridgehead atoms. The van der Waals surface area contributed by atoms with Crippen LogP contribution in [-0.4, -0.2) is 9.97 Å². The second-order valence-electron chi connectivity index (χ2n) is 9.20. The molecule has 3 aromatic rings. The van der Waals surface area contributed by atoms with Crippen molar-refractivity contribution < 1.29 is 0 Å². The van der Waals surface area contributed by atoms with Crippen molar-refractivity contribution in [2.24, 2.45) is 5.92 Å². The molecule has 0 amide bonds. The summed E-state index contributed by atoms with van der Waals surface area (Å²) in [5.74, 6) is 2.48. The molecule has 0 saturated heterocycles. The molecule has 0 aliphatic heterocycles. The molecule has 1 aromatic heterocycles. The number of aryl methyl sites for hydroxylation is 1. The van der Waals surface area contributed by atoms with Crippen LogP contribution in [-0.2, 0) is 6.42 Å². The third-order valence-electron chi connectivity index (χ3n) is 7.07. The van der Waals surface area contributed by atoms with Crippen molar-refractivity contribution in [3.05, 3.63) is 72.1 Å². The summed E-state index contributed by atoms with van der Waals surface area (Å²) in [5.41, 5.74) is 6.26. The highest BCUT2D eigenvalue weighted by molar-refractivity contribution is 5.64. The lowest BCUT2D eigenvalue weighted by molar-refractivity contribution is 0.319. The Morgan fingerprint density at radius 3 is 1.97 bits per heavy atom. The van der Waals surface area contributed by atoms with Gasteiger partial charge in [0.15, 0.2) is 5.82 Å². The van der Waals surface area contributed by atoms with Gasteiger partial charge in [-0.15, -0.1) is 0 Å². The molecule has 1 fully saturated rings. The van der Waals surface area contributed by atoms with Crippen LogP contribution in [0.25, 0.3) is 22.5 Å². The van der Waals surface area contributed by atoms with Gasteiger partial charge in [-0.1, -0.05) is 81.6 Å². The van der Waals surface area contributed by atoms with Crippen LogP contribution >= 0.6 is 0 Å². The number of unbranched alkanes of at least 4 members (excludes halogenated alkanes) is 2. The van der Waals surface area contributed by atoms with Crippen LogP contribution in [0.3, 0.4) is 0 Å². The molecule has 0 spiro atoms. The predicted octanol–water partition coefficient (Wildman–Crippen LogP) is 8.23. The second kappa shape index (κ2) is 10.7. The highest BCUT2D eigenvalue weighted by Crippen LogP contribution is 2.37. The third kappa shape index (κ3) is 5.61.